The lowest BCUT2D eigenvalue weighted by Gasteiger charge is -2.17. The van der Waals surface area contributed by atoms with E-state index in [1.54, 1.807) is 0 Å². The highest BCUT2D eigenvalue weighted by atomic mass is 31.2. The molecule has 0 saturated heterocycles. The van der Waals surface area contributed by atoms with Crippen molar-refractivity contribution in [3.05, 3.63) is 71.8 Å². The minimum Gasteiger partial charge on any atom is -0.328 e. The summed E-state index contributed by atoms with van der Waals surface area (Å²) in [7, 11) is -2.25. The summed E-state index contributed by atoms with van der Waals surface area (Å²) in [4.78, 5) is 17.7. The van der Waals surface area contributed by atoms with Crippen LogP contribution in [0.25, 0.3) is 0 Å². The van der Waals surface area contributed by atoms with Crippen LogP contribution < -0.4 is 0 Å². The minimum atomic E-state index is -2.25. The van der Waals surface area contributed by atoms with E-state index < -0.39 is 8.60 Å². The molecule has 4 heteroatoms. The van der Waals surface area contributed by atoms with Crippen molar-refractivity contribution in [3.63, 3.8) is 0 Å². The molecule has 0 amide bonds. The Balaban J connectivity index is 1.96. The monoisotopic (exact) mass is 304 g/mol. The van der Waals surface area contributed by atoms with Gasteiger partial charge in [-0.25, -0.2) is 0 Å². The second kappa shape index (κ2) is 8.91. The molecule has 2 rings (SSSR count). The quantitative estimate of drug-likeness (QED) is 0.731. The van der Waals surface area contributed by atoms with Crippen LogP contribution in [0, 0.1) is 5.92 Å². The van der Waals surface area contributed by atoms with Gasteiger partial charge in [0.1, 0.15) is 0 Å². The summed E-state index contributed by atoms with van der Waals surface area (Å²) in [6.07, 6.45) is 2.74. The lowest BCUT2D eigenvalue weighted by atomic mass is 9.90. The van der Waals surface area contributed by atoms with Crippen LogP contribution in [0.15, 0.2) is 60.7 Å². The van der Waals surface area contributed by atoms with Crippen LogP contribution in [-0.2, 0) is 17.4 Å². The average molecular weight is 304 g/mol. The van der Waals surface area contributed by atoms with Crippen molar-refractivity contribution < 1.29 is 14.3 Å². The summed E-state index contributed by atoms with van der Waals surface area (Å²) in [6.45, 7) is 0.378. The number of rotatable bonds is 8. The zero-order chi connectivity index (χ0) is 14.9. The van der Waals surface area contributed by atoms with Crippen molar-refractivity contribution in [2.45, 2.75) is 19.3 Å². The Morgan fingerprint density at radius 3 is 1.71 bits per heavy atom. The van der Waals surface area contributed by atoms with Gasteiger partial charge < -0.3 is 14.3 Å². The Kier molecular flexibility index (Phi) is 6.84. The highest BCUT2D eigenvalue weighted by Crippen LogP contribution is 2.26. The predicted octanol–water partition coefficient (Wildman–Crippen LogP) is 3.71. The van der Waals surface area contributed by atoms with Gasteiger partial charge in [-0.3, -0.25) is 0 Å². The smallest absolute Gasteiger partial charge is 0.327 e. The summed E-state index contributed by atoms with van der Waals surface area (Å²) < 4.78 is 4.92. The van der Waals surface area contributed by atoms with Crippen LogP contribution in [0.4, 0.5) is 0 Å². The summed E-state index contributed by atoms with van der Waals surface area (Å²) in [5.41, 5.74) is 2.60. The van der Waals surface area contributed by atoms with Crippen LogP contribution >= 0.6 is 8.60 Å². The first kappa shape index (κ1) is 16.1. The third-order valence-electron chi connectivity index (χ3n) is 3.47. The SMILES string of the molecule is OP(O)OCCC(Cc1ccccc1)Cc1ccccc1. The van der Waals surface area contributed by atoms with E-state index in [2.05, 4.69) is 24.3 Å². The zero-order valence-electron chi connectivity index (χ0n) is 11.9. The molecular weight excluding hydrogens is 283 g/mol. The molecule has 3 nitrogen and oxygen atoms in total. The van der Waals surface area contributed by atoms with Crippen molar-refractivity contribution in [1.29, 1.82) is 0 Å². The highest BCUT2D eigenvalue weighted by molar-refractivity contribution is 7.39. The Morgan fingerprint density at radius 2 is 1.29 bits per heavy atom. The van der Waals surface area contributed by atoms with Gasteiger partial charge in [0.15, 0.2) is 0 Å². The summed E-state index contributed by atoms with van der Waals surface area (Å²) in [6, 6.07) is 20.7. The van der Waals surface area contributed by atoms with Crippen LogP contribution in [0.5, 0.6) is 0 Å². The molecule has 21 heavy (non-hydrogen) atoms. The van der Waals surface area contributed by atoms with Crippen molar-refractivity contribution in [1.82, 2.24) is 0 Å². The second-order valence-corrected chi connectivity index (χ2v) is 5.88. The number of benzene rings is 2. The minimum absolute atomic E-state index is 0.378. The third-order valence-corrected chi connectivity index (χ3v) is 3.88. The van der Waals surface area contributed by atoms with Crippen molar-refractivity contribution in [3.8, 4) is 0 Å². The predicted molar refractivity (Wildman–Crippen MR) is 85.7 cm³/mol. The Hall–Kier alpha value is -1.25. The van der Waals surface area contributed by atoms with Crippen molar-refractivity contribution in [2.75, 3.05) is 6.61 Å². The zero-order valence-corrected chi connectivity index (χ0v) is 12.8. The molecule has 2 aromatic rings. The fraction of sp³-hybridized carbons (Fsp3) is 0.294. The molecule has 2 aromatic carbocycles. The van der Waals surface area contributed by atoms with Crippen LogP contribution in [0.1, 0.15) is 17.5 Å². The highest BCUT2D eigenvalue weighted by Gasteiger charge is 2.12. The molecule has 0 atom stereocenters. The van der Waals surface area contributed by atoms with Gasteiger partial charge in [-0.05, 0) is 36.3 Å². The van der Waals surface area contributed by atoms with E-state index in [1.807, 2.05) is 36.4 Å². The Bertz CT molecular complexity index is 460. The van der Waals surface area contributed by atoms with Gasteiger partial charge in [0.2, 0.25) is 0 Å². The van der Waals surface area contributed by atoms with Crippen molar-refractivity contribution >= 4 is 8.60 Å². The maximum absolute atomic E-state index is 8.84. The molecule has 0 spiro atoms. The summed E-state index contributed by atoms with van der Waals surface area (Å²) >= 11 is 0. The maximum atomic E-state index is 8.84. The molecule has 112 valence electrons. The van der Waals surface area contributed by atoms with Gasteiger partial charge in [0.05, 0.1) is 6.61 Å². The summed E-state index contributed by atoms with van der Waals surface area (Å²) in [5, 5.41) is 0. The molecule has 0 saturated carbocycles. The topological polar surface area (TPSA) is 49.7 Å². The Labute approximate surface area is 127 Å². The molecule has 0 radical (unpaired) electrons. The normalized spacial score (nSPS) is 11.2. The van der Waals surface area contributed by atoms with Gasteiger partial charge >= 0.3 is 8.60 Å². The molecule has 0 aliphatic carbocycles. The molecule has 0 aliphatic heterocycles. The van der Waals surface area contributed by atoms with E-state index in [0.717, 1.165) is 19.3 Å². The number of hydrogen-bond donors (Lipinski definition) is 2. The second-order valence-electron chi connectivity index (χ2n) is 5.12. The van der Waals surface area contributed by atoms with Gasteiger partial charge in [0, 0.05) is 0 Å². The largest absolute Gasteiger partial charge is 0.328 e. The standard InChI is InChI=1S/C17H21O3P/c18-21(19)20-12-11-17(13-15-7-3-1-4-8-15)14-16-9-5-2-6-10-16/h1-10,17-19H,11-14H2. The third kappa shape index (κ3) is 6.36. The van der Waals surface area contributed by atoms with E-state index in [4.69, 9.17) is 14.3 Å². The average Bonchev–Trinajstić information content (AvgIpc) is 2.49. The van der Waals surface area contributed by atoms with Gasteiger partial charge in [-0.1, -0.05) is 60.7 Å². The fourth-order valence-electron chi connectivity index (χ4n) is 2.47. The Morgan fingerprint density at radius 1 is 0.810 bits per heavy atom. The lowest BCUT2D eigenvalue weighted by molar-refractivity contribution is 0.232. The van der Waals surface area contributed by atoms with Crippen molar-refractivity contribution in [2.24, 2.45) is 5.92 Å². The first-order valence-electron chi connectivity index (χ1n) is 7.12. The van der Waals surface area contributed by atoms with Crippen LogP contribution in [-0.4, -0.2) is 16.4 Å². The van der Waals surface area contributed by atoms with E-state index in [0.29, 0.717) is 12.5 Å². The van der Waals surface area contributed by atoms with Gasteiger partial charge in [-0.2, -0.15) is 0 Å². The molecular formula is C17H21O3P. The van der Waals surface area contributed by atoms with E-state index >= 15 is 0 Å². The lowest BCUT2D eigenvalue weighted by Crippen LogP contribution is -2.11. The summed E-state index contributed by atoms with van der Waals surface area (Å²) in [5.74, 6) is 0.421. The van der Waals surface area contributed by atoms with Gasteiger partial charge in [-0.15, -0.1) is 0 Å². The molecule has 0 unspecified atom stereocenters. The maximum Gasteiger partial charge on any atom is 0.327 e. The molecule has 0 aromatic heterocycles. The molecule has 2 N–H and O–H groups in total. The van der Waals surface area contributed by atoms with Gasteiger partial charge in [0.25, 0.3) is 0 Å². The molecule has 0 aliphatic rings. The van der Waals surface area contributed by atoms with Crippen LogP contribution in [0.3, 0.4) is 0 Å². The van der Waals surface area contributed by atoms with E-state index in [9.17, 15) is 0 Å². The first-order valence-corrected chi connectivity index (χ1v) is 8.29. The molecule has 0 fully saturated rings. The fourth-order valence-corrected chi connectivity index (χ4v) is 2.74. The first-order chi connectivity index (χ1) is 10.2. The number of hydrogen-bond acceptors (Lipinski definition) is 3. The van der Waals surface area contributed by atoms with E-state index in [-0.39, 0.29) is 0 Å². The molecule has 0 bridgehead atoms. The van der Waals surface area contributed by atoms with E-state index in [1.165, 1.54) is 11.1 Å². The molecule has 0 heterocycles. The van der Waals surface area contributed by atoms with Crippen LogP contribution in [0.2, 0.25) is 0 Å².